The molecule has 0 amide bonds. The van der Waals surface area contributed by atoms with E-state index in [1.54, 1.807) is 6.92 Å². The van der Waals surface area contributed by atoms with Crippen LogP contribution in [0.2, 0.25) is 0 Å². The van der Waals surface area contributed by atoms with Crippen LogP contribution in [0.25, 0.3) is 0 Å². The summed E-state index contributed by atoms with van der Waals surface area (Å²) in [4.78, 5) is 21.4. The van der Waals surface area contributed by atoms with Gasteiger partial charge in [-0.2, -0.15) is 0 Å². The molecule has 82 valence electrons. The third-order valence-corrected chi connectivity index (χ3v) is 2.83. The van der Waals surface area contributed by atoms with Gasteiger partial charge in [0, 0.05) is 19.1 Å². The second-order valence-electron chi connectivity index (χ2n) is 3.15. The maximum atomic E-state index is 10.9. The molecule has 4 heteroatoms. The van der Waals surface area contributed by atoms with Crippen LogP contribution >= 0.6 is 11.8 Å². The van der Waals surface area contributed by atoms with Crippen LogP contribution in [0.15, 0.2) is 0 Å². The van der Waals surface area contributed by atoms with Crippen LogP contribution in [0.5, 0.6) is 0 Å². The van der Waals surface area contributed by atoms with Gasteiger partial charge < -0.3 is 4.74 Å². The fourth-order valence-electron chi connectivity index (χ4n) is 1.15. The van der Waals surface area contributed by atoms with E-state index in [-0.39, 0.29) is 16.3 Å². The van der Waals surface area contributed by atoms with E-state index in [0.29, 0.717) is 6.61 Å². The predicted molar refractivity (Wildman–Crippen MR) is 58.2 cm³/mol. The fraction of sp³-hybridized carbons (Fsp3) is 0.800. The molecule has 0 bridgehead atoms. The molecule has 14 heavy (non-hydrogen) atoms. The molecule has 0 rings (SSSR count). The molecule has 0 saturated carbocycles. The maximum Gasteiger partial charge on any atom is 0.302 e. The standard InChI is InChI=1S/C10H18O3S/c1-4-5-10(14-9(3)12)6-7-13-8(2)11/h10H,4-7H2,1-3H3. The Labute approximate surface area is 89.6 Å². The zero-order valence-electron chi connectivity index (χ0n) is 9.04. The quantitative estimate of drug-likeness (QED) is 0.642. The molecule has 0 heterocycles. The minimum absolute atomic E-state index is 0.131. The van der Waals surface area contributed by atoms with Crippen molar-refractivity contribution in [3.8, 4) is 0 Å². The van der Waals surface area contributed by atoms with Crippen molar-refractivity contribution in [2.24, 2.45) is 0 Å². The fourth-order valence-corrected chi connectivity index (χ4v) is 2.19. The van der Waals surface area contributed by atoms with Crippen molar-refractivity contribution in [1.29, 1.82) is 0 Å². The molecule has 0 aromatic heterocycles. The van der Waals surface area contributed by atoms with Gasteiger partial charge in [-0.3, -0.25) is 9.59 Å². The van der Waals surface area contributed by atoms with Gasteiger partial charge in [-0.1, -0.05) is 25.1 Å². The molecule has 0 N–H and O–H groups in total. The number of rotatable bonds is 6. The number of hydrogen-bond donors (Lipinski definition) is 0. The molecule has 0 aromatic rings. The molecule has 3 nitrogen and oxygen atoms in total. The Balaban J connectivity index is 3.72. The molecular formula is C10H18O3S. The first kappa shape index (κ1) is 13.5. The average molecular weight is 218 g/mol. The second kappa shape index (κ2) is 7.85. The highest BCUT2D eigenvalue weighted by atomic mass is 32.2. The number of carbonyl (C=O) groups is 2. The van der Waals surface area contributed by atoms with Crippen molar-refractivity contribution in [2.45, 2.75) is 45.3 Å². The Morgan fingerprint density at radius 3 is 2.36 bits per heavy atom. The van der Waals surface area contributed by atoms with E-state index >= 15 is 0 Å². The van der Waals surface area contributed by atoms with E-state index in [1.807, 2.05) is 0 Å². The van der Waals surface area contributed by atoms with Crippen molar-refractivity contribution in [3.63, 3.8) is 0 Å². The van der Waals surface area contributed by atoms with Crippen molar-refractivity contribution in [3.05, 3.63) is 0 Å². The summed E-state index contributed by atoms with van der Waals surface area (Å²) in [5.41, 5.74) is 0. The van der Waals surface area contributed by atoms with E-state index in [1.165, 1.54) is 18.7 Å². The number of hydrogen-bond acceptors (Lipinski definition) is 4. The molecule has 0 aliphatic rings. The van der Waals surface area contributed by atoms with Crippen molar-refractivity contribution >= 4 is 22.8 Å². The summed E-state index contributed by atoms with van der Waals surface area (Å²) in [6, 6.07) is 0. The summed E-state index contributed by atoms with van der Waals surface area (Å²) in [6.45, 7) is 5.46. The lowest BCUT2D eigenvalue weighted by Crippen LogP contribution is -2.11. The Morgan fingerprint density at radius 1 is 1.29 bits per heavy atom. The summed E-state index contributed by atoms with van der Waals surface area (Å²) < 4.78 is 4.84. The Bertz CT molecular complexity index is 192. The third-order valence-electron chi connectivity index (χ3n) is 1.69. The molecule has 0 fully saturated rings. The zero-order chi connectivity index (χ0) is 11.0. The Morgan fingerprint density at radius 2 is 1.93 bits per heavy atom. The molecule has 0 aromatic carbocycles. The van der Waals surface area contributed by atoms with Gasteiger partial charge in [-0.25, -0.2) is 0 Å². The summed E-state index contributed by atoms with van der Waals surface area (Å²) >= 11 is 1.35. The molecule has 0 spiro atoms. The van der Waals surface area contributed by atoms with Gasteiger partial charge >= 0.3 is 5.97 Å². The summed E-state index contributed by atoms with van der Waals surface area (Å²) in [7, 11) is 0. The van der Waals surface area contributed by atoms with Gasteiger partial charge in [-0.05, 0) is 12.8 Å². The van der Waals surface area contributed by atoms with Gasteiger partial charge in [0.05, 0.1) is 6.61 Å². The molecule has 0 radical (unpaired) electrons. The van der Waals surface area contributed by atoms with E-state index < -0.39 is 0 Å². The molecule has 1 unspecified atom stereocenters. The van der Waals surface area contributed by atoms with Gasteiger partial charge in [-0.15, -0.1) is 0 Å². The van der Waals surface area contributed by atoms with Crippen LogP contribution in [-0.2, 0) is 14.3 Å². The van der Waals surface area contributed by atoms with Crippen molar-refractivity contribution < 1.29 is 14.3 Å². The Kier molecular flexibility index (Phi) is 7.57. The monoisotopic (exact) mass is 218 g/mol. The lowest BCUT2D eigenvalue weighted by molar-refractivity contribution is -0.141. The first-order chi connectivity index (χ1) is 6.56. The summed E-state index contributed by atoms with van der Waals surface area (Å²) in [6.07, 6.45) is 2.80. The number of carbonyl (C=O) groups excluding carboxylic acids is 2. The van der Waals surface area contributed by atoms with E-state index in [4.69, 9.17) is 4.74 Å². The van der Waals surface area contributed by atoms with Crippen molar-refractivity contribution in [2.75, 3.05) is 6.61 Å². The van der Waals surface area contributed by atoms with Crippen LogP contribution in [0.3, 0.4) is 0 Å². The first-order valence-corrected chi connectivity index (χ1v) is 5.74. The number of thioether (sulfide) groups is 1. The number of esters is 1. The van der Waals surface area contributed by atoms with Gasteiger partial charge in [0.2, 0.25) is 0 Å². The largest absolute Gasteiger partial charge is 0.466 e. The lowest BCUT2D eigenvalue weighted by atomic mass is 10.2. The normalized spacial score (nSPS) is 12.2. The zero-order valence-corrected chi connectivity index (χ0v) is 9.86. The van der Waals surface area contributed by atoms with Gasteiger partial charge in [0.15, 0.2) is 5.12 Å². The molecule has 0 aliphatic heterocycles. The highest BCUT2D eigenvalue weighted by Crippen LogP contribution is 2.20. The maximum absolute atomic E-state index is 10.9. The predicted octanol–water partition coefficient (Wildman–Crippen LogP) is 2.39. The topological polar surface area (TPSA) is 43.4 Å². The van der Waals surface area contributed by atoms with Gasteiger partial charge in [0.25, 0.3) is 0 Å². The summed E-state index contributed by atoms with van der Waals surface area (Å²) in [5, 5.41) is 0.420. The second-order valence-corrected chi connectivity index (χ2v) is 4.63. The minimum atomic E-state index is -0.256. The third kappa shape index (κ3) is 8.10. The van der Waals surface area contributed by atoms with E-state index in [2.05, 4.69) is 6.92 Å². The molecule has 0 saturated heterocycles. The molecule has 0 aliphatic carbocycles. The SMILES string of the molecule is CCCC(CCOC(C)=O)SC(C)=O. The number of ether oxygens (including phenoxy) is 1. The van der Waals surface area contributed by atoms with Crippen LogP contribution < -0.4 is 0 Å². The Hall–Kier alpha value is -0.510. The van der Waals surface area contributed by atoms with E-state index in [0.717, 1.165) is 19.3 Å². The van der Waals surface area contributed by atoms with Crippen LogP contribution in [0.1, 0.15) is 40.0 Å². The first-order valence-electron chi connectivity index (χ1n) is 4.86. The average Bonchev–Trinajstić information content (AvgIpc) is 2.02. The van der Waals surface area contributed by atoms with Crippen LogP contribution in [0, 0.1) is 0 Å². The minimum Gasteiger partial charge on any atom is -0.466 e. The highest BCUT2D eigenvalue weighted by molar-refractivity contribution is 8.14. The summed E-state index contributed by atoms with van der Waals surface area (Å²) in [5.74, 6) is -0.256. The van der Waals surface area contributed by atoms with Crippen LogP contribution in [-0.4, -0.2) is 22.9 Å². The van der Waals surface area contributed by atoms with Crippen LogP contribution in [0.4, 0.5) is 0 Å². The van der Waals surface area contributed by atoms with E-state index in [9.17, 15) is 9.59 Å². The molecule has 1 atom stereocenters. The van der Waals surface area contributed by atoms with Gasteiger partial charge in [0.1, 0.15) is 0 Å². The van der Waals surface area contributed by atoms with Crippen molar-refractivity contribution in [1.82, 2.24) is 0 Å². The molecular weight excluding hydrogens is 200 g/mol. The smallest absolute Gasteiger partial charge is 0.302 e. The lowest BCUT2D eigenvalue weighted by Gasteiger charge is -2.13. The highest BCUT2D eigenvalue weighted by Gasteiger charge is 2.11.